The maximum atomic E-state index is 12.5. The van der Waals surface area contributed by atoms with E-state index < -0.39 is 6.04 Å². The molecule has 22 heavy (non-hydrogen) atoms. The van der Waals surface area contributed by atoms with E-state index in [4.69, 9.17) is 0 Å². The summed E-state index contributed by atoms with van der Waals surface area (Å²) in [7, 11) is 0. The van der Waals surface area contributed by atoms with Gasteiger partial charge < -0.3 is 0 Å². The average molecular weight is 289 g/mol. The lowest BCUT2D eigenvalue weighted by atomic mass is 10.0. The monoisotopic (exact) mass is 289 g/mol. The molecule has 108 valence electrons. The molecule has 2 aromatic rings. The number of carbonyl (C=O) groups is 1. The van der Waals surface area contributed by atoms with E-state index in [2.05, 4.69) is 11.2 Å². The maximum Gasteiger partial charge on any atom is 0.209 e. The summed E-state index contributed by atoms with van der Waals surface area (Å²) in [6.45, 7) is 2.00. The smallest absolute Gasteiger partial charge is 0.209 e. The largest absolute Gasteiger partial charge is 0.287 e. The molecule has 4 heteroatoms. The van der Waals surface area contributed by atoms with Crippen LogP contribution in [-0.4, -0.2) is 17.5 Å². The fraction of sp³-hybridized carbons (Fsp3) is 0.167. The average Bonchev–Trinajstić information content (AvgIpc) is 3.00. The van der Waals surface area contributed by atoms with Crippen LogP contribution in [0.1, 0.15) is 22.3 Å². The van der Waals surface area contributed by atoms with Gasteiger partial charge >= 0.3 is 0 Å². The molecular formula is C18H15N3O. The lowest BCUT2D eigenvalue weighted by molar-refractivity contribution is 0.106. The summed E-state index contributed by atoms with van der Waals surface area (Å²) in [5, 5.41) is 15.4. The quantitative estimate of drug-likeness (QED) is 0.814. The molecule has 0 bridgehead atoms. The number of nitriles is 1. The van der Waals surface area contributed by atoms with E-state index in [0.717, 1.165) is 11.3 Å². The molecule has 2 aromatic carbocycles. The molecule has 1 aliphatic rings. The third-order valence-electron chi connectivity index (χ3n) is 3.66. The molecule has 0 saturated heterocycles. The highest BCUT2D eigenvalue weighted by Gasteiger charge is 2.31. The maximum absolute atomic E-state index is 12.5. The number of benzene rings is 2. The third kappa shape index (κ3) is 2.61. The summed E-state index contributed by atoms with van der Waals surface area (Å²) < 4.78 is 0. The van der Waals surface area contributed by atoms with Gasteiger partial charge in [0, 0.05) is 12.0 Å². The van der Waals surface area contributed by atoms with Gasteiger partial charge in [0.2, 0.25) is 5.78 Å². The van der Waals surface area contributed by atoms with E-state index >= 15 is 0 Å². The molecule has 1 unspecified atom stereocenters. The standard InChI is InChI=1S/C18H15N3O/c1-13-7-9-15(10-8-13)21-16(12-19)11-17(20-21)18(22)14-5-3-2-4-6-14/h2-10,16H,11H2,1H3. The first-order chi connectivity index (χ1) is 10.7. The Labute approximate surface area is 129 Å². The Hall–Kier alpha value is -2.93. The van der Waals surface area contributed by atoms with Crippen molar-refractivity contribution in [2.45, 2.75) is 19.4 Å². The number of carbonyl (C=O) groups excluding carboxylic acids is 1. The molecule has 4 nitrogen and oxygen atoms in total. The van der Waals surface area contributed by atoms with Crippen molar-refractivity contribution in [1.82, 2.24) is 0 Å². The lowest BCUT2D eigenvalue weighted by Crippen LogP contribution is -2.24. The first-order valence-corrected chi connectivity index (χ1v) is 7.12. The third-order valence-corrected chi connectivity index (χ3v) is 3.66. The Morgan fingerprint density at radius 2 is 1.86 bits per heavy atom. The van der Waals surface area contributed by atoms with Gasteiger partial charge in [0.15, 0.2) is 0 Å². The van der Waals surface area contributed by atoms with Crippen LogP contribution >= 0.6 is 0 Å². The van der Waals surface area contributed by atoms with E-state index in [1.807, 2.05) is 49.4 Å². The second kappa shape index (κ2) is 5.82. The van der Waals surface area contributed by atoms with Crippen molar-refractivity contribution in [2.24, 2.45) is 5.10 Å². The Morgan fingerprint density at radius 1 is 1.18 bits per heavy atom. The topological polar surface area (TPSA) is 56.5 Å². The number of Topliss-reactive ketones (excluding diaryl/α,β-unsaturated/α-hetero) is 1. The van der Waals surface area contributed by atoms with Gasteiger partial charge in [-0.15, -0.1) is 0 Å². The Kier molecular flexibility index (Phi) is 3.71. The second-order valence-electron chi connectivity index (χ2n) is 5.27. The predicted molar refractivity (Wildman–Crippen MR) is 85.9 cm³/mol. The number of rotatable bonds is 3. The van der Waals surface area contributed by atoms with Crippen LogP contribution in [0.2, 0.25) is 0 Å². The number of hydrogen-bond acceptors (Lipinski definition) is 4. The van der Waals surface area contributed by atoms with Gasteiger partial charge in [0.05, 0.1) is 11.8 Å². The summed E-state index contributed by atoms with van der Waals surface area (Å²) in [6, 6.07) is 18.6. The molecule has 0 radical (unpaired) electrons. The molecule has 3 rings (SSSR count). The van der Waals surface area contributed by atoms with Crippen LogP contribution in [-0.2, 0) is 0 Å². The van der Waals surface area contributed by atoms with Crippen LogP contribution in [0.15, 0.2) is 59.7 Å². The molecule has 1 heterocycles. The zero-order chi connectivity index (χ0) is 15.5. The highest BCUT2D eigenvalue weighted by atomic mass is 16.1. The van der Waals surface area contributed by atoms with Gasteiger partial charge in [-0.05, 0) is 19.1 Å². The molecule has 0 aromatic heterocycles. The predicted octanol–water partition coefficient (Wildman–Crippen LogP) is 3.34. The molecule has 0 N–H and O–H groups in total. The highest BCUT2D eigenvalue weighted by molar-refractivity contribution is 6.46. The van der Waals surface area contributed by atoms with Crippen molar-refractivity contribution >= 4 is 17.2 Å². The van der Waals surface area contributed by atoms with Crippen molar-refractivity contribution in [3.63, 3.8) is 0 Å². The fourth-order valence-corrected chi connectivity index (χ4v) is 2.44. The summed E-state index contributed by atoms with van der Waals surface area (Å²) in [6.07, 6.45) is 0.345. The molecule has 1 atom stereocenters. The van der Waals surface area contributed by atoms with Crippen LogP contribution < -0.4 is 5.01 Å². The Balaban J connectivity index is 1.91. The molecule has 0 spiro atoms. The molecule has 0 saturated carbocycles. The van der Waals surface area contributed by atoms with Crippen LogP contribution in [0.4, 0.5) is 5.69 Å². The number of aryl methyl sites for hydroxylation is 1. The van der Waals surface area contributed by atoms with Crippen molar-refractivity contribution in [1.29, 1.82) is 5.26 Å². The summed E-state index contributed by atoms with van der Waals surface area (Å²) in [5.41, 5.74) is 3.00. The number of nitrogens with zero attached hydrogens (tertiary/aromatic N) is 3. The van der Waals surface area contributed by atoms with Gasteiger partial charge in [-0.2, -0.15) is 10.4 Å². The molecule has 1 aliphatic heterocycles. The summed E-state index contributed by atoms with van der Waals surface area (Å²) >= 11 is 0. The van der Waals surface area contributed by atoms with Crippen molar-refractivity contribution in [2.75, 3.05) is 5.01 Å². The lowest BCUT2D eigenvalue weighted by Gasteiger charge is -2.17. The van der Waals surface area contributed by atoms with Crippen molar-refractivity contribution < 1.29 is 4.79 Å². The van der Waals surface area contributed by atoms with E-state index in [9.17, 15) is 10.1 Å². The van der Waals surface area contributed by atoms with Crippen LogP contribution in [0.5, 0.6) is 0 Å². The van der Waals surface area contributed by atoms with Gasteiger partial charge in [-0.1, -0.05) is 48.0 Å². The summed E-state index contributed by atoms with van der Waals surface area (Å²) in [4.78, 5) is 12.5. The molecule has 0 amide bonds. The minimum atomic E-state index is -0.439. The molecule has 0 aliphatic carbocycles. The van der Waals surface area contributed by atoms with E-state index in [0.29, 0.717) is 17.7 Å². The molecular weight excluding hydrogens is 274 g/mol. The first kappa shape index (κ1) is 14.0. The van der Waals surface area contributed by atoms with E-state index in [1.165, 1.54) is 0 Å². The highest BCUT2D eigenvalue weighted by Crippen LogP contribution is 2.25. The van der Waals surface area contributed by atoms with Gasteiger partial charge in [0.25, 0.3) is 0 Å². The molecule has 0 fully saturated rings. The fourth-order valence-electron chi connectivity index (χ4n) is 2.44. The van der Waals surface area contributed by atoms with Gasteiger partial charge in [-0.3, -0.25) is 4.79 Å². The zero-order valence-electron chi connectivity index (χ0n) is 12.2. The van der Waals surface area contributed by atoms with Crippen molar-refractivity contribution in [3.8, 4) is 6.07 Å². The van der Waals surface area contributed by atoms with E-state index in [-0.39, 0.29) is 5.78 Å². The number of hydrogen-bond donors (Lipinski definition) is 0. The number of anilines is 1. The minimum absolute atomic E-state index is 0.115. The van der Waals surface area contributed by atoms with Gasteiger partial charge in [-0.25, -0.2) is 5.01 Å². The normalized spacial score (nSPS) is 17.0. The first-order valence-electron chi connectivity index (χ1n) is 7.12. The SMILES string of the molecule is Cc1ccc(N2N=C(C(=O)c3ccccc3)CC2C#N)cc1. The van der Waals surface area contributed by atoms with Crippen LogP contribution in [0.25, 0.3) is 0 Å². The van der Waals surface area contributed by atoms with Crippen LogP contribution in [0, 0.1) is 18.3 Å². The Morgan fingerprint density at radius 3 is 2.50 bits per heavy atom. The minimum Gasteiger partial charge on any atom is -0.287 e. The van der Waals surface area contributed by atoms with Crippen molar-refractivity contribution in [3.05, 3.63) is 65.7 Å². The zero-order valence-corrected chi connectivity index (χ0v) is 12.2. The number of ketones is 1. The summed E-state index contributed by atoms with van der Waals surface area (Å²) in [5.74, 6) is -0.115. The van der Waals surface area contributed by atoms with Crippen LogP contribution in [0.3, 0.4) is 0 Å². The number of hydrazone groups is 1. The van der Waals surface area contributed by atoms with Gasteiger partial charge in [0.1, 0.15) is 11.8 Å². The van der Waals surface area contributed by atoms with E-state index in [1.54, 1.807) is 17.1 Å². The Bertz CT molecular complexity index is 757. The second-order valence-corrected chi connectivity index (χ2v) is 5.27.